The van der Waals surface area contributed by atoms with Crippen molar-refractivity contribution in [2.24, 2.45) is 0 Å². The van der Waals surface area contributed by atoms with E-state index in [0.717, 1.165) is 6.42 Å². The molecule has 9 heteroatoms. The fourth-order valence-electron chi connectivity index (χ4n) is 1.52. The molecule has 21 heavy (non-hydrogen) atoms. The van der Waals surface area contributed by atoms with Gasteiger partial charge in [0.05, 0.1) is 0 Å². The first-order valence-electron chi connectivity index (χ1n) is 6.38. The summed E-state index contributed by atoms with van der Waals surface area (Å²) < 4.78 is 26.2. The standard InChI is InChI=1S/C12H18N2O5S2/c1-3-5-13-9(15)4-6-14-21(18,19)10-7-8(2)11(20-10)12(16)17/h7,14H,3-6H2,1-2H3,(H,13,15)(H,16,17). The number of carbonyl (C=O) groups is 2. The molecule has 0 spiro atoms. The Morgan fingerprint density at radius 1 is 1.33 bits per heavy atom. The van der Waals surface area contributed by atoms with Gasteiger partial charge in [-0.25, -0.2) is 17.9 Å². The summed E-state index contributed by atoms with van der Waals surface area (Å²) in [7, 11) is -3.79. The van der Waals surface area contributed by atoms with Crippen LogP contribution in [0.5, 0.6) is 0 Å². The molecule has 1 aromatic rings. The van der Waals surface area contributed by atoms with E-state index in [1.165, 1.54) is 13.0 Å². The second-order valence-corrected chi connectivity index (χ2v) is 7.43. The maximum Gasteiger partial charge on any atom is 0.346 e. The fourth-order valence-corrected chi connectivity index (χ4v) is 3.98. The van der Waals surface area contributed by atoms with Gasteiger partial charge in [0, 0.05) is 19.5 Å². The number of aryl methyl sites for hydroxylation is 1. The summed E-state index contributed by atoms with van der Waals surface area (Å²) in [5.74, 6) is -1.38. The van der Waals surface area contributed by atoms with Gasteiger partial charge in [0.1, 0.15) is 9.09 Å². The highest BCUT2D eigenvalue weighted by Crippen LogP contribution is 2.25. The molecule has 1 heterocycles. The molecule has 0 aliphatic heterocycles. The van der Waals surface area contributed by atoms with Gasteiger partial charge < -0.3 is 10.4 Å². The summed E-state index contributed by atoms with van der Waals surface area (Å²) in [5.41, 5.74) is 0.397. The topological polar surface area (TPSA) is 113 Å². The van der Waals surface area contributed by atoms with Crippen LogP contribution in [0.1, 0.15) is 35.0 Å². The number of hydrogen-bond donors (Lipinski definition) is 3. The van der Waals surface area contributed by atoms with E-state index in [1.54, 1.807) is 0 Å². The van der Waals surface area contributed by atoms with Crippen LogP contribution in [0.2, 0.25) is 0 Å². The molecule has 0 aliphatic rings. The summed E-state index contributed by atoms with van der Waals surface area (Å²) in [5, 5.41) is 11.6. The molecule has 7 nitrogen and oxygen atoms in total. The van der Waals surface area contributed by atoms with Crippen molar-refractivity contribution in [3.63, 3.8) is 0 Å². The molecule has 0 saturated carbocycles. The number of thiophene rings is 1. The minimum absolute atomic E-state index is 0.00364. The number of carbonyl (C=O) groups excluding carboxylic acids is 1. The molecule has 0 saturated heterocycles. The van der Waals surface area contributed by atoms with Crippen molar-refractivity contribution >= 4 is 33.2 Å². The van der Waals surface area contributed by atoms with Crippen LogP contribution >= 0.6 is 11.3 Å². The Labute approximate surface area is 127 Å². The Hall–Kier alpha value is -1.45. The van der Waals surface area contributed by atoms with Crippen LogP contribution < -0.4 is 10.0 Å². The van der Waals surface area contributed by atoms with Gasteiger partial charge in [-0.15, -0.1) is 11.3 Å². The van der Waals surface area contributed by atoms with Crippen molar-refractivity contribution in [2.75, 3.05) is 13.1 Å². The van der Waals surface area contributed by atoms with Crippen LogP contribution in [0, 0.1) is 6.92 Å². The number of sulfonamides is 1. The zero-order chi connectivity index (χ0) is 16.0. The summed E-state index contributed by atoms with van der Waals surface area (Å²) in [4.78, 5) is 22.3. The molecule has 118 valence electrons. The zero-order valence-electron chi connectivity index (χ0n) is 11.8. The Bertz CT molecular complexity index is 622. The van der Waals surface area contributed by atoms with Gasteiger partial charge in [-0.1, -0.05) is 6.92 Å². The van der Waals surface area contributed by atoms with E-state index in [4.69, 9.17) is 5.11 Å². The molecule has 1 amide bonds. The Morgan fingerprint density at radius 3 is 2.52 bits per heavy atom. The molecule has 3 N–H and O–H groups in total. The summed E-state index contributed by atoms with van der Waals surface area (Å²) in [6.07, 6.45) is 0.847. The lowest BCUT2D eigenvalue weighted by Crippen LogP contribution is -2.30. The number of aromatic carboxylic acids is 1. The van der Waals surface area contributed by atoms with Crippen molar-refractivity contribution in [2.45, 2.75) is 30.9 Å². The average Bonchev–Trinajstić information content (AvgIpc) is 2.79. The molecule has 1 aromatic heterocycles. The predicted molar refractivity (Wildman–Crippen MR) is 79.1 cm³/mol. The third-order valence-electron chi connectivity index (χ3n) is 2.57. The molecule has 0 atom stereocenters. The quantitative estimate of drug-likeness (QED) is 0.655. The average molecular weight is 334 g/mol. The number of rotatable bonds is 8. The van der Waals surface area contributed by atoms with Crippen molar-refractivity contribution in [1.29, 1.82) is 0 Å². The largest absolute Gasteiger partial charge is 0.477 e. The van der Waals surface area contributed by atoms with Crippen LogP contribution in [0.3, 0.4) is 0 Å². The highest BCUT2D eigenvalue weighted by molar-refractivity contribution is 7.91. The molecule has 0 fully saturated rings. The van der Waals surface area contributed by atoms with Gasteiger partial charge in [0.25, 0.3) is 0 Å². The number of carboxylic acids is 1. The van der Waals surface area contributed by atoms with Gasteiger partial charge >= 0.3 is 5.97 Å². The normalized spacial score (nSPS) is 11.3. The van der Waals surface area contributed by atoms with E-state index in [1.807, 2.05) is 6.92 Å². The van der Waals surface area contributed by atoms with Crippen LogP contribution in [-0.4, -0.2) is 38.5 Å². The lowest BCUT2D eigenvalue weighted by Gasteiger charge is -2.05. The summed E-state index contributed by atoms with van der Waals surface area (Å²) in [6, 6.07) is 1.31. The molecule has 0 radical (unpaired) electrons. The molecule has 0 unspecified atom stereocenters. The maximum atomic E-state index is 12.0. The second-order valence-electron chi connectivity index (χ2n) is 4.38. The molecule has 1 rings (SSSR count). The SMILES string of the molecule is CCCNC(=O)CCNS(=O)(=O)c1cc(C)c(C(=O)O)s1. The van der Waals surface area contributed by atoms with Gasteiger partial charge in [0.2, 0.25) is 15.9 Å². The van der Waals surface area contributed by atoms with Crippen molar-refractivity contribution in [1.82, 2.24) is 10.0 Å². The van der Waals surface area contributed by atoms with E-state index in [9.17, 15) is 18.0 Å². The van der Waals surface area contributed by atoms with E-state index < -0.39 is 16.0 Å². The molecular weight excluding hydrogens is 316 g/mol. The third-order valence-corrected chi connectivity index (χ3v) is 5.73. The number of amides is 1. The molecule has 0 aromatic carbocycles. The summed E-state index contributed by atoms with van der Waals surface area (Å²) >= 11 is 0.697. The molecule has 0 aliphatic carbocycles. The Balaban J connectivity index is 2.64. The first-order valence-corrected chi connectivity index (χ1v) is 8.68. The highest BCUT2D eigenvalue weighted by atomic mass is 32.2. The van der Waals surface area contributed by atoms with Gasteiger partial charge in [-0.2, -0.15) is 0 Å². The van der Waals surface area contributed by atoms with E-state index in [2.05, 4.69) is 10.0 Å². The van der Waals surface area contributed by atoms with Crippen molar-refractivity contribution < 1.29 is 23.1 Å². The number of nitrogens with one attached hydrogen (secondary N) is 2. The zero-order valence-corrected chi connectivity index (χ0v) is 13.4. The van der Waals surface area contributed by atoms with Crippen LogP contribution in [0.4, 0.5) is 0 Å². The van der Waals surface area contributed by atoms with Gasteiger partial charge in [-0.3, -0.25) is 4.79 Å². The Morgan fingerprint density at radius 2 is 2.00 bits per heavy atom. The van der Waals surface area contributed by atoms with E-state index in [-0.39, 0.29) is 28.0 Å². The summed E-state index contributed by atoms with van der Waals surface area (Å²) in [6.45, 7) is 3.98. The van der Waals surface area contributed by atoms with Gasteiger partial charge in [-0.05, 0) is 25.0 Å². The minimum Gasteiger partial charge on any atom is -0.477 e. The highest BCUT2D eigenvalue weighted by Gasteiger charge is 2.21. The molecule has 0 bridgehead atoms. The molecular formula is C12H18N2O5S2. The lowest BCUT2D eigenvalue weighted by atomic mass is 10.3. The van der Waals surface area contributed by atoms with Crippen LogP contribution in [0.15, 0.2) is 10.3 Å². The third kappa shape index (κ3) is 5.10. The smallest absolute Gasteiger partial charge is 0.346 e. The fraction of sp³-hybridized carbons (Fsp3) is 0.500. The predicted octanol–water partition coefficient (Wildman–Crippen LogP) is 0.949. The van der Waals surface area contributed by atoms with Crippen molar-refractivity contribution in [3.05, 3.63) is 16.5 Å². The Kier molecular flexibility index (Phi) is 6.31. The van der Waals surface area contributed by atoms with Crippen LogP contribution in [-0.2, 0) is 14.8 Å². The van der Waals surface area contributed by atoms with Crippen LogP contribution in [0.25, 0.3) is 0 Å². The van der Waals surface area contributed by atoms with Gasteiger partial charge in [0.15, 0.2) is 0 Å². The first-order chi connectivity index (χ1) is 9.77. The monoisotopic (exact) mass is 334 g/mol. The second kappa shape index (κ2) is 7.53. The number of hydrogen-bond acceptors (Lipinski definition) is 5. The maximum absolute atomic E-state index is 12.0. The lowest BCUT2D eigenvalue weighted by molar-refractivity contribution is -0.120. The van der Waals surface area contributed by atoms with E-state index >= 15 is 0 Å². The number of carboxylic acid groups (broad SMARTS) is 1. The van der Waals surface area contributed by atoms with E-state index in [0.29, 0.717) is 23.4 Å². The van der Waals surface area contributed by atoms with Crippen molar-refractivity contribution in [3.8, 4) is 0 Å². The minimum atomic E-state index is -3.79. The first kappa shape index (κ1) is 17.6.